The third-order valence-electron chi connectivity index (χ3n) is 3.57. The summed E-state index contributed by atoms with van der Waals surface area (Å²) in [4.78, 5) is 4.44. The Kier molecular flexibility index (Phi) is 3.96. The molecule has 1 heterocycles. The van der Waals surface area contributed by atoms with E-state index in [1.165, 1.54) is 4.31 Å². The molecule has 108 valence electrons. The first-order valence-corrected chi connectivity index (χ1v) is 7.94. The number of nitrogens with zero attached hydrogens (tertiary/aromatic N) is 2. The van der Waals surface area contributed by atoms with Gasteiger partial charge < -0.3 is 5.73 Å². The van der Waals surface area contributed by atoms with Crippen LogP contribution in [0.5, 0.6) is 0 Å². The molecule has 20 heavy (non-hydrogen) atoms. The number of sulfonamides is 1. The van der Waals surface area contributed by atoms with Crippen molar-refractivity contribution in [3.63, 3.8) is 0 Å². The fourth-order valence-corrected chi connectivity index (χ4v) is 3.41. The molecule has 2 aromatic rings. The Bertz CT molecular complexity index is 728. The molecule has 0 saturated carbocycles. The van der Waals surface area contributed by atoms with Crippen LogP contribution in [-0.4, -0.2) is 30.8 Å². The third-order valence-corrected chi connectivity index (χ3v) is 5.54. The molecule has 1 unspecified atom stereocenters. The topological polar surface area (TPSA) is 76.3 Å². The van der Waals surface area contributed by atoms with Gasteiger partial charge in [-0.3, -0.25) is 0 Å². The predicted octanol–water partition coefficient (Wildman–Crippen LogP) is 2.24. The van der Waals surface area contributed by atoms with Gasteiger partial charge in [0.1, 0.15) is 5.82 Å². The molecule has 1 aromatic heterocycles. The lowest BCUT2D eigenvalue weighted by atomic mass is 10.2. The van der Waals surface area contributed by atoms with Gasteiger partial charge in [0.05, 0.1) is 10.4 Å². The van der Waals surface area contributed by atoms with E-state index in [4.69, 9.17) is 5.73 Å². The van der Waals surface area contributed by atoms with E-state index in [1.807, 2.05) is 13.8 Å². The zero-order chi connectivity index (χ0) is 14.9. The van der Waals surface area contributed by atoms with Crippen molar-refractivity contribution in [2.75, 3.05) is 12.8 Å². The zero-order valence-electron chi connectivity index (χ0n) is 11.9. The highest BCUT2D eigenvalue weighted by molar-refractivity contribution is 7.89. The van der Waals surface area contributed by atoms with Gasteiger partial charge in [-0.1, -0.05) is 6.92 Å². The van der Waals surface area contributed by atoms with Crippen molar-refractivity contribution in [2.24, 2.45) is 0 Å². The average molecular weight is 293 g/mol. The second-order valence-electron chi connectivity index (χ2n) is 4.87. The molecule has 0 saturated heterocycles. The van der Waals surface area contributed by atoms with Gasteiger partial charge in [-0.25, -0.2) is 13.4 Å². The van der Waals surface area contributed by atoms with Crippen molar-refractivity contribution < 1.29 is 8.42 Å². The van der Waals surface area contributed by atoms with E-state index in [1.54, 1.807) is 37.4 Å². The van der Waals surface area contributed by atoms with Crippen LogP contribution >= 0.6 is 0 Å². The maximum Gasteiger partial charge on any atom is 0.243 e. The minimum atomic E-state index is -3.48. The van der Waals surface area contributed by atoms with Crippen LogP contribution in [-0.2, 0) is 10.0 Å². The number of nitrogen functional groups attached to an aromatic ring is 1. The number of hydrogen-bond acceptors (Lipinski definition) is 4. The van der Waals surface area contributed by atoms with E-state index >= 15 is 0 Å². The number of nitrogens with two attached hydrogens (primary N) is 1. The van der Waals surface area contributed by atoms with E-state index < -0.39 is 10.0 Å². The SMILES string of the molecule is CCC(C)N(C)S(=O)(=O)c1ccc2nc(N)ccc2c1. The van der Waals surface area contributed by atoms with Gasteiger partial charge in [-0.15, -0.1) is 0 Å². The Morgan fingerprint density at radius 1 is 1.30 bits per heavy atom. The summed E-state index contributed by atoms with van der Waals surface area (Å²) in [5.41, 5.74) is 6.31. The lowest BCUT2D eigenvalue weighted by Crippen LogP contribution is -2.34. The standard InChI is InChI=1S/C14H19N3O2S/c1-4-10(2)17(3)20(18,19)12-6-7-13-11(9-12)5-8-14(15)16-13/h5-10H,4H2,1-3H3,(H2,15,16). The molecule has 0 spiro atoms. The van der Waals surface area contributed by atoms with E-state index in [0.29, 0.717) is 11.3 Å². The maximum absolute atomic E-state index is 12.5. The first kappa shape index (κ1) is 14.7. The zero-order valence-corrected chi connectivity index (χ0v) is 12.7. The van der Waals surface area contributed by atoms with Gasteiger partial charge in [0, 0.05) is 18.5 Å². The third kappa shape index (κ3) is 2.62. The average Bonchev–Trinajstić information content (AvgIpc) is 2.44. The monoisotopic (exact) mass is 293 g/mol. The van der Waals surface area contributed by atoms with E-state index in [9.17, 15) is 8.42 Å². The van der Waals surface area contributed by atoms with E-state index in [2.05, 4.69) is 4.98 Å². The van der Waals surface area contributed by atoms with Crippen molar-refractivity contribution in [3.8, 4) is 0 Å². The van der Waals surface area contributed by atoms with Crippen molar-refractivity contribution in [1.29, 1.82) is 0 Å². The summed E-state index contributed by atoms with van der Waals surface area (Å²) in [6.07, 6.45) is 0.765. The van der Waals surface area contributed by atoms with Crippen molar-refractivity contribution >= 4 is 26.7 Å². The molecule has 1 atom stereocenters. The molecule has 6 heteroatoms. The summed E-state index contributed by atoms with van der Waals surface area (Å²) < 4.78 is 26.4. The molecule has 0 aliphatic carbocycles. The van der Waals surface area contributed by atoms with Gasteiger partial charge in [-0.2, -0.15) is 4.31 Å². The minimum absolute atomic E-state index is 0.0414. The largest absolute Gasteiger partial charge is 0.384 e. The van der Waals surface area contributed by atoms with Gasteiger partial charge >= 0.3 is 0 Å². The molecule has 0 radical (unpaired) electrons. The number of aromatic nitrogens is 1. The molecule has 0 amide bonds. The molecule has 0 fully saturated rings. The van der Waals surface area contributed by atoms with Crippen LogP contribution < -0.4 is 5.73 Å². The van der Waals surface area contributed by atoms with Crippen molar-refractivity contribution in [3.05, 3.63) is 30.3 Å². The summed E-state index contributed by atoms with van der Waals surface area (Å²) in [7, 11) is -1.87. The summed E-state index contributed by atoms with van der Waals surface area (Å²) in [6, 6.07) is 8.29. The minimum Gasteiger partial charge on any atom is -0.384 e. The molecule has 2 N–H and O–H groups in total. The molecular weight excluding hydrogens is 274 g/mol. The summed E-state index contributed by atoms with van der Waals surface area (Å²) >= 11 is 0. The normalized spacial score (nSPS) is 13.8. The van der Waals surface area contributed by atoms with Crippen LogP contribution in [0.1, 0.15) is 20.3 Å². The van der Waals surface area contributed by atoms with E-state index in [0.717, 1.165) is 11.8 Å². The quantitative estimate of drug-likeness (QED) is 0.938. The lowest BCUT2D eigenvalue weighted by Gasteiger charge is -2.23. The number of hydrogen-bond donors (Lipinski definition) is 1. The molecule has 0 aliphatic heterocycles. The van der Waals surface area contributed by atoms with Gasteiger partial charge in [0.2, 0.25) is 10.0 Å². The summed E-state index contributed by atoms with van der Waals surface area (Å²) in [5, 5.41) is 0.762. The Labute approximate surface area is 119 Å². The van der Waals surface area contributed by atoms with E-state index in [-0.39, 0.29) is 10.9 Å². The van der Waals surface area contributed by atoms with Crippen molar-refractivity contribution in [2.45, 2.75) is 31.2 Å². The Morgan fingerprint density at radius 2 is 2.00 bits per heavy atom. The number of anilines is 1. The van der Waals surface area contributed by atoms with Gasteiger partial charge in [0.15, 0.2) is 0 Å². The Balaban J connectivity index is 2.50. The van der Waals surface area contributed by atoms with Crippen LogP contribution in [0.4, 0.5) is 5.82 Å². The predicted molar refractivity (Wildman–Crippen MR) is 80.9 cm³/mol. The number of rotatable bonds is 4. The Hall–Kier alpha value is -1.66. The molecule has 0 aliphatic rings. The number of pyridine rings is 1. The fraction of sp³-hybridized carbons (Fsp3) is 0.357. The van der Waals surface area contributed by atoms with Gasteiger partial charge in [-0.05, 0) is 43.7 Å². The molecular formula is C14H19N3O2S. The second kappa shape index (κ2) is 5.38. The Morgan fingerprint density at radius 3 is 2.65 bits per heavy atom. The van der Waals surface area contributed by atoms with Crippen molar-refractivity contribution in [1.82, 2.24) is 9.29 Å². The lowest BCUT2D eigenvalue weighted by molar-refractivity contribution is 0.380. The first-order chi connectivity index (χ1) is 9.36. The highest BCUT2D eigenvalue weighted by atomic mass is 32.2. The maximum atomic E-state index is 12.5. The molecule has 5 nitrogen and oxygen atoms in total. The smallest absolute Gasteiger partial charge is 0.243 e. The van der Waals surface area contributed by atoms with Crippen LogP contribution in [0, 0.1) is 0 Å². The fourth-order valence-electron chi connectivity index (χ4n) is 1.94. The summed E-state index contributed by atoms with van der Waals surface area (Å²) in [5.74, 6) is 0.421. The second-order valence-corrected chi connectivity index (χ2v) is 6.87. The highest BCUT2D eigenvalue weighted by Gasteiger charge is 2.24. The molecule has 0 bridgehead atoms. The highest BCUT2D eigenvalue weighted by Crippen LogP contribution is 2.22. The number of fused-ring (bicyclic) bond motifs is 1. The first-order valence-electron chi connectivity index (χ1n) is 6.50. The van der Waals surface area contributed by atoms with Crippen LogP contribution in [0.2, 0.25) is 0 Å². The summed E-state index contributed by atoms with van der Waals surface area (Å²) in [6.45, 7) is 3.85. The van der Waals surface area contributed by atoms with Crippen LogP contribution in [0.15, 0.2) is 35.2 Å². The molecule has 1 aromatic carbocycles. The van der Waals surface area contributed by atoms with Crippen LogP contribution in [0.25, 0.3) is 10.9 Å². The number of benzene rings is 1. The van der Waals surface area contributed by atoms with Gasteiger partial charge in [0.25, 0.3) is 0 Å². The molecule has 2 rings (SSSR count). The van der Waals surface area contributed by atoms with Crippen LogP contribution in [0.3, 0.4) is 0 Å².